The van der Waals surface area contributed by atoms with Gasteiger partial charge in [0.1, 0.15) is 0 Å². The molecule has 2 unspecified atom stereocenters. The lowest BCUT2D eigenvalue weighted by Gasteiger charge is -2.42. The highest BCUT2D eigenvalue weighted by Crippen LogP contribution is 2.59. The van der Waals surface area contributed by atoms with Gasteiger partial charge >= 0.3 is 0 Å². The van der Waals surface area contributed by atoms with Crippen LogP contribution in [0.4, 0.5) is 0 Å². The van der Waals surface area contributed by atoms with Crippen LogP contribution in [0.2, 0.25) is 0 Å². The molecule has 0 saturated heterocycles. The Morgan fingerprint density at radius 1 is 0.710 bits per heavy atom. The quantitative estimate of drug-likeness (QED) is 0.314. The highest BCUT2D eigenvalue weighted by molar-refractivity contribution is 9.10. The molecular formula is C29H22Br2. The molecule has 0 amide bonds. The van der Waals surface area contributed by atoms with Crippen molar-refractivity contribution in [2.24, 2.45) is 11.8 Å². The predicted molar refractivity (Wildman–Crippen MR) is 134 cm³/mol. The Morgan fingerprint density at radius 2 is 1.39 bits per heavy atom. The molecule has 0 heterocycles. The minimum atomic E-state index is -0.264. The van der Waals surface area contributed by atoms with Gasteiger partial charge in [0.05, 0.1) is 5.41 Å². The first kappa shape index (κ1) is 18.7. The second-order valence-corrected chi connectivity index (χ2v) is 11.3. The Balaban J connectivity index is 1.61. The number of allylic oxidation sites excluding steroid dienone is 4. The molecule has 0 bridgehead atoms. The predicted octanol–water partition coefficient (Wildman–Crippen LogP) is 8.15. The summed E-state index contributed by atoms with van der Waals surface area (Å²) < 4.78 is 2.29. The van der Waals surface area contributed by atoms with E-state index in [9.17, 15) is 0 Å². The molecule has 31 heavy (non-hydrogen) atoms. The van der Waals surface area contributed by atoms with E-state index in [1.165, 1.54) is 70.2 Å². The third kappa shape index (κ3) is 2.47. The highest BCUT2D eigenvalue weighted by Gasteiger charge is 2.48. The van der Waals surface area contributed by atoms with Crippen LogP contribution in [-0.4, -0.2) is 0 Å². The summed E-state index contributed by atoms with van der Waals surface area (Å²) in [5, 5.41) is 0. The van der Waals surface area contributed by atoms with E-state index in [0.717, 1.165) is 14.9 Å². The van der Waals surface area contributed by atoms with E-state index in [1.807, 2.05) is 0 Å². The largest absolute Gasteiger partial charge is 0.0805 e. The summed E-state index contributed by atoms with van der Waals surface area (Å²) in [4.78, 5) is 0. The maximum absolute atomic E-state index is 3.80. The minimum Gasteiger partial charge on any atom is -0.0805 e. The third-order valence-electron chi connectivity index (χ3n) is 8.10. The van der Waals surface area contributed by atoms with E-state index in [1.54, 1.807) is 0 Å². The molecule has 3 aromatic carbocycles. The fourth-order valence-corrected chi connectivity index (χ4v) is 6.97. The molecule has 2 atom stereocenters. The van der Waals surface area contributed by atoms with Gasteiger partial charge in [-0.05, 0) is 106 Å². The van der Waals surface area contributed by atoms with Crippen LogP contribution in [-0.2, 0) is 18.3 Å². The summed E-state index contributed by atoms with van der Waals surface area (Å²) in [6.07, 6.45) is 12.6. The standard InChI is InChI=1S/C29H22Br2/c30-23-9-11-25-26-12-10-24(31)16-28(26)29(27(25)15-23,21-7-5-17-1-3-19(17)13-21)22-8-6-18-2-4-20(18)14-22/h5-17,19H,1-4H2. The summed E-state index contributed by atoms with van der Waals surface area (Å²) in [7, 11) is 0. The van der Waals surface area contributed by atoms with Gasteiger partial charge in [-0.1, -0.05) is 80.4 Å². The third-order valence-corrected chi connectivity index (χ3v) is 9.08. The van der Waals surface area contributed by atoms with Crippen LogP contribution in [0.1, 0.15) is 40.7 Å². The smallest absolute Gasteiger partial charge is 0.0711 e. The van der Waals surface area contributed by atoms with Crippen molar-refractivity contribution >= 4 is 31.9 Å². The van der Waals surface area contributed by atoms with E-state index in [2.05, 4.69) is 105 Å². The van der Waals surface area contributed by atoms with Gasteiger partial charge in [0.15, 0.2) is 0 Å². The van der Waals surface area contributed by atoms with Crippen LogP contribution >= 0.6 is 31.9 Å². The van der Waals surface area contributed by atoms with Gasteiger partial charge in [-0.3, -0.25) is 0 Å². The van der Waals surface area contributed by atoms with Crippen molar-refractivity contribution in [2.75, 3.05) is 0 Å². The van der Waals surface area contributed by atoms with Crippen LogP contribution < -0.4 is 0 Å². The Kier molecular flexibility index (Phi) is 3.95. The molecule has 0 N–H and O–H groups in total. The van der Waals surface area contributed by atoms with Gasteiger partial charge < -0.3 is 0 Å². The van der Waals surface area contributed by atoms with Gasteiger partial charge in [-0.25, -0.2) is 0 Å². The van der Waals surface area contributed by atoms with Crippen molar-refractivity contribution < 1.29 is 0 Å². The summed E-state index contributed by atoms with van der Waals surface area (Å²) in [6, 6.07) is 21.0. The van der Waals surface area contributed by atoms with Crippen molar-refractivity contribution in [1.82, 2.24) is 0 Å². The zero-order chi connectivity index (χ0) is 20.7. The average molecular weight is 530 g/mol. The fraction of sp³-hybridized carbons (Fsp3) is 0.241. The molecule has 152 valence electrons. The van der Waals surface area contributed by atoms with Crippen LogP contribution in [0.15, 0.2) is 87.3 Å². The number of rotatable bonds is 2. The molecule has 0 radical (unpaired) electrons. The summed E-state index contributed by atoms with van der Waals surface area (Å²) in [5.74, 6) is 1.43. The second kappa shape index (κ2) is 6.56. The fourth-order valence-electron chi connectivity index (χ4n) is 6.25. The maximum Gasteiger partial charge on any atom is 0.0711 e. The number of hydrogen-bond donors (Lipinski definition) is 0. The Labute approximate surface area is 200 Å². The lowest BCUT2D eigenvalue weighted by molar-refractivity contribution is 0.279. The molecular weight excluding hydrogens is 508 g/mol. The number of aryl methyl sites for hydroxylation is 2. The Bertz CT molecular complexity index is 1280. The van der Waals surface area contributed by atoms with Crippen LogP contribution in [0, 0.1) is 11.8 Å². The average Bonchev–Trinajstić information content (AvgIpc) is 2.99. The molecule has 0 aromatic heterocycles. The normalized spacial score (nSPS) is 23.6. The van der Waals surface area contributed by atoms with Gasteiger partial charge in [0.25, 0.3) is 0 Å². The Hall–Kier alpha value is -1.90. The van der Waals surface area contributed by atoms with Crippen molar-refractivity contribution in [2.45, 2.75) is 31.1 Å². The monoisotopic (exact) mass is 528 g/mol. The second-order valence-electron chi connectivity index (χ2n) is 9.50. The summed E-state index contributed by atoms with van der Waals surface area (Å²) >= 11 is 7.59. The molecule has 1 saturated carbocycles. The zero-order valence-corrected chi connectivity index (χ0v) is 20.3. The lowest BCUT2D eigenvalue weighted by atomic mass is 9.61. The molecule has 0 spiro atoms. The SMILES string of the molecule is Brc1ccc2c(c1)C(C1=CC3CCC3C=C1)(c1ccc3c(c1)CC3)c1cc(Br)ccc1-2. The van der Waals surface area contributed by atoms with Gasteiger partial charge in [0, 0.05) is 8.95 Å². The molecule has 0 nitrogen and oxygen atoms in total. The van der Waals surface area contributed by atoms with Gasteiger partial charge in [-0.15, -0.1) is 0 Å². The van der Waals surface area contributed by atoms with Crippen LogP contribution in [0.25, 0.3) is 11.1 Å². The van der Waals surface area contributed by atoms with E-state index in [-0.39, 0.29) is 5.41 Å². The first-order chi connectivity index (χ1) is 15.1. The van der Waals surface area contributed by atoms with E-state index >= 15 is 0 Å². The van der Waals surface area contributed by atoms with Crippen LogP contribution in [0.3, 0.4) is 0 Å². The van der Waals surface area contributed by atoms with Crippen molar-refractivity contribution in [1.29, 1.82) is 0 Å². The zero-order valence-electron chi connectivity index (χ0n) is 17.2. The first-order valence-electron chi connectivity index (χ1n) is 11.3. The maximum atomic E-state index is 3.80. The minimum absolute atomic E-state index is 0.264. The number of hydrogen-bond acceptors (Lipinski definition) is 0. The summed E-state index contributed by atoms with van der Waals surface area (Å²) in [5.41, 5.74) is 11.2. The molecule has 3 aromatic rings. The molecule has 4 aliphatic carbocycles. The van der Waals surface area contributed by atoms with Crippen LogP contribution in [0.5, 0.6) is 0 Å². The summed E-state index contributed by atoms with van der Waals surface area (Å²) in [6.45, 7) is 0. The number of fused-ring (bicyclic) bond motifs is 5. The van der Waals surface area contributed by atoms with Crippen molar-refractivity contribution in [3.8, 4) is 11.1 Å². The highest BCUT2D eigenvalue weighted by atomic mass is 79.9. The topological polar surface area (TPSA) is 0 Å². The first-order valence-corrected chi connectivity index (χ1v) is 12.9. The van der Waals surface area contributed by atoms with E-state index in [0.29, 0.717) is 5.92 Å². The molecule has 4 aliphatic rings. The number of halogens is 2. The van der Waals surface area contributed by atoms with Crippen molar-refractivity contribution in [3.63, 3.8) is 0 Å². The molecule has 1 fully saturated rings. The van der Waals surface area contributed by atoms with Gasteiger partial charge in [0.2, 0.25) is 0 Å². The molecule has 2 heteroatoms. The molecule has 0 aliphatic heterocycles. The van der Waals surface area contributed by atoms with E-state index < -0.39 is 0 Å². The lowest BCUT2D eigenvalue weighted by Crippen LogP contribution is -2.34. The Morgan fingerprint density at radius 3 is 1.94 bits per heavy atom. The van der Waals surface area contributed by atoms with E-state index in [4.69, 9.17) is 0 Å². The molecule has 7 rings (SSSR count). The van der Waals surface area contributed by atoms with Gasteiger partial charge in [-0.2, -0.15) is 0 Å². The number of benzene rings is 3. The van der Waals surface area contributed by atoms with Crippen molar-refractivity contribution in [3.05, 3.63) is 115 Å².